The van der Waals surface area contributed by atoms with Crippen LogP contribution in [0, 0.1) is 0 Å². The molecule has 0 saturated heterocycles. The number of hydrogen-bond acceptors (Lipinski definition) is 13. The first kappa shape index (κ1) is 71.1. The second-order valence-corrected chi connectivity index (χ2v) is 27.3. The Kier molecular flexibility index (Phi) is 39.3. The van der Waals surface area contributed by atoms with Gasteiger partial charge in [0.25, 0.3) is 0 Å². The first-order chi connectivity index (χ1) is 20.9. The van der Waals surface area contributed by atoms with E-state index in [1.165, 1.54) is 0 Å². The average molecular weight is 987 g/mol. The van der Waals surface area contributed by atoms with Gasteiger partial charge in [0.1, 0.15) is 0 Å². The predicted molar refractivity (Wildman–Crippen MR) is 179 cm³/mol. The fourth-order valence-corrected chi connectivity index (χ4v) is 11.0. The van der Waals surface area contributed by atoms with Gasteiger partial charge in [-0.2, -0.15) is 0 Å². The minimum Gasteiger partial charge on any atom is -0.344 e. The van der Waals surface area contributed by atoms with E-state index in [-0.39, 0.29) is 12.3 Å². The van der Waals surface area contributed by atoms with Crippen molar-refractivity contribution in [1.82, 2.24) is 17.6 Å². The maximum atomic E-state index is 9.85. The third-order valence-corrected chi connectivity index (χ3v) is 17.1. The molecule has 328 valence electrons. The van der Waals surface area contributed by atoms with Crippen LogP contribution in [-0.4, -0.2) is 140 Å². The molecule has 0 saturated carbocycles. The summed E-state index contributed by atoms with van der Waals surface area (Å²) in [5.41, 5.74) is 0. The van der Waals surface area contributed by atoms with E-state index < -0.39 is 105 Å². The fraction of sp³-hybridized carbons (Fsp3) is 1.00. The molecule has 0 heterocycles. The second-order valence-electron chi connectivity index (χ2n) is 8.31. The molecule has 0 spiro atoms. The summed E-state index contributed by atoms with van der Waals surface area (Å²) in [7, 11) is -45.5. The van der Waals surface area contributed by atoms with Gasteiger partial charge in [0.05, 0.1) is 0 Å². The lowest BCUT2D eigenvalue weighted by atomic mass is 10.7. The van der Waals surface area contributed by atoms with Crippen molar-refractivity contribution in [3.05, 3.63) is 0 Å². The highest BCUT2D eigenvalue weighted by molar-refractivity contribution is 7.71. The second kappa shape index (κ2) is 28.7. The molecule has 0 atom stereocenters. The lowest BCUT2D eigenvalue weighted by molar-refractivity contribution is 0.352. The third-order valence-electron chi connectivity index (χ3n) is 2.34. The van der Waals surface area contributed by atoms with Crippen molar-refractivity contribution >= 4 is 76.0 Å². The van der Waals surface area contributed by atoms with Crippen molar-refractivity contribution in [2.75, 3.05) is 42.6 Å². The minimum absolute atomic E-state index is 0. The van der Waals surface area contributed by atoms with Crippen molar-refractivity contribution in [2.24, 2.45) is 0 Å². The van der Waals surface area contributed by atoms with Crippen LogP contribution in [0.4, 0.5) is 0 Å². The summed E-state index contributed by atoms with van der Waals surface area (Å²) in [6.07, 6.45) is 0. The predicted octanol–water partition coefficient (Wildman–Crippen LogP) is -2.56. The van der Waals surface area contributed by atoms with Gasteiger partial charge >= 0.3 is 76.0 Å². The quantitative estimate of drug-likeness (QED) is 0.0894. The van der Waals surface area contributed by atoms with Crippen molar-refractivity contribution in [2.45, 2.75) is 13.8 Å². The first-order valence-electron chi connectivity index (χ1n) is 11.1. The molecule has 33 nitrogen and oxygen atoms in total. The van der Waals surface area contributed by atoms with Crippen LogP contribution in [0.25, 0.3) is 0 Å². The first-order valence-corrected chi connectivity index (χ1v) is 29.1. The van der Waals surface area contributed by atoms with Crippen LogP contribution in [0.1, 0.15) is 13.8 Å². The Morgan fingerprint density at radius 2 is 0.346 bits per heavy atom. The number of nitrogens with one attached hydrogen (secondary N) is 1. The van der Waals surface area contributed by atoms with E-state index in [0.29, 0.717) is 0 Å². The summed E-state index contributed by atoms with van der Waals surface area (Å²) >= 11 is 0. The van der Waals surface area contributed by atoms with Gasteiger partial charge in [0, 0.05) is 0 Å². The molecule has 0 aromatic heterocycles. The molecule has 0 radical (unpaired) electrons. The van der Waals surface area contributed by atoms with Crippen molar-refractivity contribution < 1.29 is 144 Å². The van der Waals surface area contributed by atoms with Crippen molar-refractivity contribution in [3.63, 3.8) is 0 Å². The Labute approximate surface area is 293 Å². The Balaban J connectivity index is -0.0000000745. The molecule has 0 amide bonds. The smallest absolute Gasteiger partial charge is 0.337 e. The Morgan fingerprint density at radius 3 is 0.346 bits per heavy atom. The van der Waals surface area contributed by atoms with Crippen LogP contribution in [0.15, 0.2) is 0 Å². The number of hydrogen-bond donors (Lipinski definition) is 23. The zero-order chi connectivity index (χ0) is 42.7. The molecule has 27 N–H and O–H groups in total. The molecule has 0 unspecified atom stereocenters. The average Bonchev–Trinajstić information content (AvgIpc) is 2.55. The molecule has 0 aromatic carbocycles. The fourth-order valence-electron chi connectivity index (χ4n) is 1.45. The van der Waals surface area contributed by atoms with Crippen LogP contribution in [0.5, 0.6) is 0 Å². The monoisotopic (exact) mass is 987 g/mol. The third kappa shape index (κ3) is 117. The van der Waals surface area contributed by atoms with Gasteiger partial charge in [-0.15, -0.1) is 0 Å². The summed E-state index contributed by atoms with van der Waals surface area (Å²) < 4.78 is 98.5. The minimum atomic E-state index is -4.55. The van der Waals surface area contributed by atoms with E-state index in [9.17, 15) is 45.7 Å². The highest BCUT2D eigenvalue weighted by Gasteiger charge is 2.29. The molecule has 0 rings (SSSR count). The van der Waals surface area contributed by atoms with E-state index in [1.54, 1.807) is 0 Å². The zero-order valence-corrected chi connectivity index (χ0v) is 35.3. The maximum Gasteiger partial charge on any atom is 0.337 e. The Bertz CT molecular complexity index is 1080. The number of rotatable bonds is 12. The van der Waals surface area contributed by atoms with Gasteiger partial charge < -0.3 is 115 Å². The molecule has 0 aromatic rings. The SMILES string of the molecule is CCNCC.N.N.O=P(O)(O)CP(=O)(O)O.O=P(O)(O)CP(=O)(O)O.O=P(O)(O)CP(=O)(O)O.O=P(O)(O)CP(=O)(O)O.O=P(O)(O)CP(=O)(O)O. The van der Waals surface area contributed by atoms with Gasteiger partial charge in [-0.3, -0.25) is 45.7 Å². The van der Waals surface area contributed by atoms with Gasteiger partial charge in [0.2, 0.25) is 0 Å². The molecular formula is C9H47N3O30P10. The highest BCUT2D eigenvalue weighted by Crippen LogP contribution is 2.54. The Morgan fingerprint density at radius 1 is 0.269 bits per heavy atom. The Hall–Kier alpha value is 1.38. The van der Waals surface area contributed by atoms with Crippen molar-refractivity contribution in [3.8, 4) is 0 Å². The molecule has 0 aliphatic rings. The van der Waals surface area contributed by atoms with Gasteiger partial charge in [0.15, 0.2) is 29.5 Å². The maximum absolute atomic E-state index is 9.85. The normalized spacial score (nSPS) is 12.7. The van der Waals surface area contributed by atoms with Crippen LogP contribution < -0.4 is 17.6 Å². The molecule has 0 bridgehead atoms. The van der Waals surface area contributed by atoms with E-state index in [4.69, 9.17) is 97.9 Å². The van der Waals surface area contributed by atoms with Crippen LogP contribution in [0.3, 0.4) is 0 Å². The summed E-state index contributed by atoms with van der Waals surface area (Å²) in [6.45, 7) is 6.39. The van der Waals surface area contributed by atoms with Crippen LogP contribution >= 0.6 is 76.0 Å². The lowest BCUT2D eigenvalue weighted by Gasteiger charge is -2.03. The molecule has 0 fully saturated rings. The molecule has 52 heavy (non-hydrogen) atoms. The molecule has 0 aliphatic carbocycles. The summed E-state index contributed by atoms with van der Waals surface area (Å²) in [4.78, 5) is 159. The molecular weight excluding hydrogens is 940 g/mol. The highest BCUT2D eigenvalue weighted by atomic mass is 31.3. The van der Waals surface area contributed by atoms with E-state index in [2.05, 4.69) is 19.2 Å². The molecule has 43 heteroatoms. The van der Waals surface area contributed by atoms with E-state index in [0.717, 1.165) is 13.1 Å². The summed E-state index contributed by atoms with van der Waals surface area (Å²) in [5.74, 6) is -6.88. The zero-order valence-electron chi connectivity index (χ0n) is 26.4. The van der Waals surface area contributed by atoms with E-state index >= 15 is 0 Å². The van der Waals surface area contributed by atoms with E-state index in [1.807, 2.05) is 0 Å². The topological polar surface area (TPSA) is 657 Å². The van der Waals surface area contributed by atoms with Crippen molar-refractivity contribution in [1.29, 1.82) is 0 Å². The lowest BCUT2D eigenvalue weighted by Crippen LogP contribution is -2.09. The van der Waals surface area contributed by atoms with Gasteiger partial charge in [-0.05, 0) is 13.1 Å². The summed E-state index contributed by atoms with van der Waals surface area (Å²) in [6, 6.07) is 0. The summed E-state index contributed by atoms with van der Waals surface area (Å²) in [5, 5.41) is 3.11. The largest absolute Gasteiger partial charge is 0.344 e. The standard InChI is InChI=1S/C4H11N.5CH6O6P2.2H3N/c1-3-5-4-2;5*2-8(3,4)1-9(5,6)7;;/h5H,3-4H2,1-2H3;5*1H2,(H2,2,3,4)(H2,5,6,7);2*1H3. The van der Waals surface area contributed by atoms with Gasteiger partial charge in [-0.1, -0.05) is 13.8 Å². The molecule has 0 aliphatic heterocycles. The van der Waals surface area contributed by atoms with Gasteiger partial charge in [-0.25, -0.2) is 0 Å². The van der Waals surface area contributed by atoms with Crippen LogP contribution in [0.2, 0.25) is 0 Å². The van der Waals surface area contributed by atoms with Crippen LogP contribution in [-0.2, 0) is 45.7 Å².